The molecule has 1 aromatic carbocycles. The van der Waals surface area contributed by atoms with E-state index in [4.69, 9.17) is 0 Å². The number of aryl methyl sites for hydroxylation is 1. The third-order valence-corrected chi connectivity index (χ3v) is 6.99. The molecule has 1 atom stereocenters. The highest BCUT2D eigenvalue weighted by Crippen LogP contribution is 2.54. The second-order valence-corrected chi connectivity index (χ2v) is 9.84. The van der Waals surface area contributed by atoms with E-state index in [1.54, 1.807) is 18.5 Å². The summed E-state index contributed by atoms with van der Waals surface area (Å²) in [4.78, 5) is 17.7. The number of H-pyrrole nitrogens is 1. The molecule has 1 amide bonds. The maximum absolute atomic E-state index is 14.2. The van der Waals surface area contributed by atoms with E-state index < -0.39 is 22.8 Å². The number of aromatic amines is 1. The second kappa shape index (κ2) is 7.69. The first-order valence-electron chi connectivity index (χ1n) is 11.5. The summed E-state index contributed by atoms with van der Waals surface area (Å²) in [6.45, 7) is 7.52. The number of pyridine rings is 1. The number of nitrogens with one attached hydrogen (secondary N) is 3. The number of amides is 1. The number of halogens is 3. The highest BCUT2D eigenvalue weighted by Gasteiger charge is 2.54. The number of hydrogen-bond acceptors (Lipinski definition) is 4. The van der Waals surface area contributed by atoms with Crippen molar-refractivity contribution in [2.45, 2.75) is 57.7 Å². The number of hydrogen-bond donors (Lipinski definition) is 3. The monoisotopic (exact) mass is 481 g/mol. The van der Waals surface area contributed by atoms with Crippen LogP contribution in [-0.4, -0.2) is 26.6 Å². The fraction of sp³-hybridized carbons (Fsp3) is 0.346. The SMILES string of the molecule is CCC1(c2cccc(-c3ccncc3C)c2)C2=C(CC(C)(C)NC2=O)Nc2n[nH]c(C(F)(F)F)c21. The topological polar surface area (TPSA) is 82.7 Å². The fourth-order valence-corrected chi connectivity index (χ4v) is 5.56. The number of aromatic nitrogens is 3. The zero-order valence-electron chi connectivity index (χ0n) is 19.9. The van der Waals surface area contributed by atoms with Crippen molar-refractivity contribution in [1.29, 1.82) is 0 Å². The van der Waals surface area contributed by atoms with Crippen molar-refractivity contribution in [2.75, 3.05) is 5.32 Å². The molecule has 0 fully saturated rings. The Labute approximate surface area is 201 Å². The van der Waals surface area contributed by atoms with Gasteiger partial charge in [-0.3, -0.25) is 14.9 Å². The molecule has 2 aliphatic heterocycles. The van der Waals surface area contributed by atoms with Crippen LogP contribution in [0.2, 0.25) is 0 Å². The van der Waals surface area contributed by atoms with Crippen LogP contribution in [0.1, 0.15) is 56.0 Å². The lowest BCUT2D eigenvalue weighted by Crippen LogP contribution is -2.54. The van der Waals surface area contributed by atoms with Crippen LogP contribution in [0.15, 0.2) is 54.0 Å². The molecular formula is C26H26F3N5O. The Kier molecular flexibility index (Phi) is 5.09. The first-order chi connectivity index (χ1) is 16.5. The largest absolute Gasteiger partial charge is 0.433 e. The van der Waals surface area contributed by atoms with Gasteiger partial charge in [0.25, 0.3) is 5.91 Å². The maximum atomic E-state index is 14.2. The number of nitrogens with zero attached hydrogens (tertiary/aromatic N) is 2. The van der Waals surface area contributed by atoms with E-state index in [1.165, 1.54) is 0 Å². The number of carbonyl (C=O) groups excluding carboxylic acids is 1. The molecule has 6 nitrogen and oxygen atoms in total. The summed E-state index contributed by atoms with van der Waals surface area (Å²) in [7, 11) is 0. The predicted octanol–water partition coefficient (Wildman–Crippen LogP) is 5.47. The van der Waals surface area contributed by atoms with Gasteiger partial charge in [0, 0.05) is 35.6 Å². The van der Waals surface area contributed by atoms with Crippen LogP contribution in [-0.2, 0) is 16.4 Å². The molecule has 0 saturated carbocycles. The average molecular weight is 482 g/mol. The smallest absolute Gasteiger partial charge is 0.347 e. The molecule has 4 heterocycles. The van der Waals surface area contributed by atoms with Gasteiger partial charge in [-0.25, -0.2) is 0 Å². The number of benzene rings is 1. The Morgan fingerprint density at radius 3 is 2.63 bits per heavy atom. The van der Waals surface area contributed by atoms with Gasteiger partial charge in [0.2, 0.25) is 0 Å². The van der Waals surface area contributed by atoms with Crippen molar-refractivity contribution < 1.29 is 18.0 Å². The van der Waals surface area contributed by atoms with E-state index in [0.717, 1.165) is 16.7 Å². The van der Waals surface area contributed by atoms with Crippen LogP contribution in [0.4, 0.5) is 19.0 Å². The number of anilines is 1. The molecule has 3 N–H and O–H groups in total. The Morgan fingerprint density at radius 2 is 1.94 bits per heavy atom. The van der Waals surface area contributed by atoms with Crippen LogP contribution in [0.3, 0.4) is 0 Å². The summed E-state index contributed by atoms with van der Waals surface area (Å²) in [5.41, 5.74) is 1.30. The van der Waals surface area contributed by atoms with E-state index in [9.17, 15) is 18.0 Å². The van der Waals surface area contributed by atoms with Crippen LogP contribution in [0, 0.1) is 6.92 Å². The number of rotatable bonds is 3. The zero-order valence-corrected chi connectivity index (χ0v) is 19.9. The zero-order chi connectivity index (χ0) is 25.2. The third kappa shape index (κ3) is 3.52. The van der Waals surface area contributed by atoms with Gasteiger partial charge in [-0.15, -0.1) is 0 Å². The molecule has 3 aromatic rings. The summed E-state index contributed by atoms with van der Waals surface area (Å²) < 4.78 is 42.7. The Hall–Kier alpha value is -3.62. The molecule has 2 aromatic heterocycles. The van der Waals surface area contributed by atoms with Gasteiger partial charge < -0.3 is 10.6 Å². The van der Waals surface area contributed by atoms with Crippen LogP contribution < -0.4 is 10.6 Å². The molecule has 5 rings (SSSR count). The van der Waals surface area contributed by atoms with Crippen LogP contribution in [0.25, 0.3) is 11.1 Å². The summed E-state index contributed by atoms with van der Waals surface area (Å²) >= 11 is 0. The third-order valence-electron chi connectivity index (χ3n) is 6.99. The maximum Gasteiger partial charge on any atom is 0.433 e. The van der Waals surface area contributed by atoms with Gasteiger partial charge in [-0.1, -0.05) is 25.1 Å². The molecule has 182 valence electrons. The van der Waals surface area contributed by atoms with Crippen molar-refractivity contribution in [2.24, 2.45) is 0 Å². The number of carbonyl (C=O) groups is 1. The van der Waals surface area contributed by atoms with Gasteiger partial charge in [0.15, 0.2) is 5.82 Å². The molecule has 0 spiro atoms. The summed E-state index contributed by atoms with van der Waals surface area (Å²) in [5, 5.41) is 12.3. The summed E-state index contributed by atoms with van der Waals surface area (Å²) in [6.07, 6.45) is -0.579. The lowest BCUT2D eigenvalue weighted by molar-refractivity contribution is -0.142. The molecule has 0 aliphatic carbocycles. The molecule has 0 bridgehead atoms. The Bertz CT molecular complexity index is 1370. The van der Waals surface area contributed by atoms with E-state index in [0.29, 0.717) is 23.3 Å². The lowest BCUT2D eigenvalue weighted by Gasteiger charge is -2.46. The normalized spacial score (nSPS) is 21.2. The fourth-order valence-electron chi connectivity index (χ4n) is 5.56. The van der Waals surface area contributed by atoms with Crippen molar-refractivity contribution in [3.8, 4) is 11.1 Å². The minimum Gasteiger partial charge on any atom is -0.347 e. The first-order valence-corrected chi connectivity index (χ1v) is 11.5. The van der Waals surface area contributed by atoms with Gasteiger partial charge in [0.1, 0.15) is 5.69 Å². The van der Waals surface area contributed by atoms with E-state index in [-0.39, 0.29) is 23.7 Å². The number of alkyl halides is 3. The van der Waals surface area contributed by atoms with Crippen LogP contribution in [0.5, 0.6) is 0 Å². The molecule has 0 saturated heterocycles. The lowest BCUT2D eigenvalue weighted by atomic mass is 9.62. The Morgan fingerprint density at radius 1 is 1.17 bits per heavy atom. The van der Waals surface area contributed by atoms with Gasteiger partial charge in [-0.2, -0.15) is 18.3 Å². The predicted molar refractivity (Wildman–Crippen MR) is 127 cm³/mol. The van der Waals surface area contributed by atoms with Crippen molar-refractivity contribution in [3.05, 3.63) is 76.4 Å². The molecule has 1 unspecified atom stereocenters. The van der Waals surface area contributed by atoms with Gasteiger partial charge in [0.05, 0.1) is 11.0 Å². The van der Waals surface area contributed by atoms with E-state index in [1.807, 2.05) is 52.0 Å². The minimum atomic E-state index is -4.68. The van der Waals surface area contributed by atoms with Crippen molar-refractivity contribution in [1.82, 2.24) is 20.5 Å². The van der Waals surface area contributed by atoms with E-state index in [2.05, 4.69) is 25.8 Å². The average Bonchev–Trinajstić information content (AvgIpc) is 3.22. The quantitative estimate of drug-likeness (QED) is 0.463. The van der Waals surface area contributed by atoms with E-state index >= 15 is 0 Å². The van der Waals surface area contributed by atoms with Crippen molar-refractivity contribution in [3.63, 3.8) is 0 Å². The molecule has 9 heteroatoms. The van der Waals surface area contributed by atoms with Crippen LogP contribution >= 0.6 is 0 Å². The minimum absolute atomic E-state index is 0.0512. The standard InChI is InChI=1S/C26H26F3N5O/c1-5-25(16-8-6-7-15(11-16)17-9-10-30-13-14(17)2)19-18(12-24(3,4)32-23(19)35)31-22-20(25)21(33-34-22)26(27,28)29/h6-11,13H,5,12H2,1-4H3,(H,32,35)(H2,31,33,34). The second-order valence-electron chi connectivity index (χ2n) is 9.84. The molecule has 35 heavy (non-hydrogen) atoms. The van der Waals surface area contributed by atoms with Gasteiger partial charge >= 0.3 is 6.18 Å². The molecule has 2 aliphatic rings. The summed E-state index contributed by atoms with van der Waals surface area (Å²) in [6, 6.07) is 9.29. The molecule has 0 radical (unpaired) electrons. The highest BCUT2D eigenvalue weighted by molar-refractivity contribution is 6.01. The number of fused-ring (bicyclic) bond motifs is 1. The van der Waals surface area contributed by atoms with Gasteiger partial charge in [-0.05, 0) is 61.6 Å². The first kappa shape index (κ1) is 23.1. The van der Waals surface area contributed by atoms with Crippen molar-refractivity contribution >= 4 is 11.7 Å². The Balaban J connectivity index is 1.84. The molecular weight excluding hydrogens is 455 g/mol. The highest BCUT2D eigenvalue weighted by atomic mass is 19.4. The summed E-state index contributed by atoms with van der Waals surface area (Å²) in [5.74, 6) is -0.273.